The second kappa shape index (κ2) is 5.10. The largest absolute Gasteiger partial charge is 0.384 e. The lowest BCUT2D eigenvalue weighted by Crippen LogP contribution is -2.36. The molecule has 21 heavy (non-hydrogen) atoms. The number of ether oxygens (including phenoxy) is 1. The first-order valence-corrected chi connectivity index (χ1v) is 8.75. The van der Waals surface area contributed by atoms with Crippen LogP contribution in [0, 0.1) is 5.92 Å². The van der Waals surface area contributed by atoms with E-state index in [1.54, 1.807) is 0 Å². The molecular weight excluding hydrogens is 290 g/mol. The van der Waals surface area contributed by atoms with Crippen molar-refractivity contribution in [3.05, 3.63) is 35.4 Å². The number of hydrogen-bond acceptors (Lipinski definition) is 4. The number of rotatable bonds is 5. The van der Waals surface area contributed by atoms with Crippen LogP contribution in [0.15, 0.2) is 24.3 Å². The summed E-state index contributed by atoms with van der Waals surface area (Å²) in [6.45, 7) is 0.0846. The van der Waals surface area contributed by atoms with Crippen molar-refractivity contribution >= 4 is 15.9 Å². The van der Waals surface area contributed by atoms with Crippen molar-refractivity contribution in [2.75, 3.05) is 19.5 Å². The lowest BCUT2D eigenvalue weighted by atomic mass is 9.95. The first kappa shape index (κ1) is 14.5. The van der Waals surface area contributed by atoms with E-state index in [-0.39, 0.29) is 29.6 Å². The molecule has 3 rings (SSSR count). The van der Waals surface area contributed by atoms with Gasteiger partial charge < -0.3 is 4.74 Å². The Morgan fingerprint density at radius 1 is 1.43 bits per heavy atom. The molecule has 0 saturated heterocycles. The maximum atomic E-state index is 12.2. The van der Waals surface area contributed by atoms with Gasteiger partial charge in [0.05, 0.1) is 12.4 Å². The third-order valence-corrected chi connectivity index (χ3v) is 5.81. The molecule has 1 aromatic rings. The number of nitrogens with one attached hydrogen (secondary N) is 1. The Hall–Kier alpha value is -1.40. The predicted molar refractivity (Wildman–Crippen MR) is 78.4 cm³/mol. The van der Waals surface area contributed by atoms with Crippen LogP contribution in [0.4, 0.5) is 0 Å². The molecule has 0 aliphatic heterocycles. The van der Waals surface area contributed by atoms with Gasteiger partial charge in [-0.05, 0) is 30.4 Å². The van der Waals surface area contributed by atoms with Crippen molar-refractivity contribution < 1.29 is 17.9 Å². The Morgan fingerprint density at radius 3 is 2.95 bits per heavy atom. The molecule has 2 aliphatic rings. The number of carbonyl (C=O) groups is 1. The Balaban J connectivity index is 1.70. The monoisotopic (exact) mass is 309 g/mol. The van der Waals surface area contributed by atoms with E-state index in [1.165, 1.54) is 18.2 Å². The van der Waals surface area contributed by atoms with Gasteiger partial charge in [0.25, 0.3) is 0 Å². The zero-order chi connectivity index (χ0) is 15.1. The Kier molecular flexibility index (Phi) is 3.53. The van der Waals surface area contributed by atoms with Crippen LogP contribution in [0.5, 0.6) is 0 Å². The van der Waals surface area contributed by atoms with Gasteiger partial charge in [0.1, 0.15) is 0 Å². The van der Waals surface area contributed by atoms with Crippen molar-refractivity contribution in [2.24, 2.45) is 5.92 Å². The zero-order valence-electron chi connectivity index (χ0n) is 12.0. The van der Waals surface area contributed by atoms with Crippen LogP contribution in [0.2, 0.25) is 0 Å². The quantitative estimate of drug-likeness (QED) is 0.880. The minimum atomic E-state index is -3.60. The summed E-state index contributed by atoms with van der Waals surface area (Å²) in [4.78, 5) is 12.2. The number of sulfonamides is 1. The molecule has 1 spiro atoms. The first-order valence-electron chi connectivity index (χ1n) is 7.10. The third-order valence-electron chi connectivity index (χ3n) is 4.60. The minimum Gasteiger partial charge on any atom is -0.384 e. The maximum Gasteiger partial charge on any atom is 0.237 e. The summed E-state index contributed by atoms with van der Waals surface area (Å²) in [6, 6.07) is 8.14. The molecule has 1 saturated carbocycles. The van der Waals surface area contributed by atoms with Crippen molar-refractivity contribution in [3.63, 3.8) is 0 Å². The van der Waals surface area contributed by atoms with E-state index in [0.717, 1.165) is 19.3 Å². The normalized spacial score (nSPS) is 26.6. The molecule has 1 aromatic carbocycles. The van der Waals surface area contributed by atoms with Gasteiger partial charge >= 0.3 is 0 Å². The number of hydrogen-bond donors (Lipinski definition) is 1. The molecule has 1 fully saturated rings. The van der Waals surface area contributed by atoms with Crippen molar-refractivity contribution in [1.29, 1.82) is 0 Å². The van der Waals surface area contributed by atoms with E-state index in [1.807, 2.05) is 12.1 Å². The Morgan fingerprint density at radius 2 is 2.19 bits per heavy atom. The topological polar surface area (TPSA) is 72.5 Å². The average molecular weight is 309 g/mol. The van der Waals surface area contributed by atoms with Crippen molar-refractivity contribution in [1.82, 2.24) is 4.72 Å². The number of carbonyl (C=O) groups excluding carboxylic acids is 1. The first-order chi connectivity index (χ1) is 9.98. The van der Waals surface area contributed by atoms with Crippen LogP contribution < -0.4 is 4.72 Å². The van der Waals surface area contributed by atoms with Crippen LogP contribution in [-0.2, 0) is 31.4 Å². The fourth-order valence-electron chi connectivity index (χ4n) is 3.41. The minimum absolute atomic E-state index is 0.0846. The van der Waals surface area contributed by atoms with Crippen LogP contribution in [0.1, 0.15) is 24.0 Å². The Bertz CT molecular complexity index is 670. The summed E-state index contributed by atoms with van der Waals surface area (Å²) >= 11 is 0. The molecule has 2 aliphatic carbocycles. The van der Waals surface area contributed by atoms with Gasteiger partial charge in [0.2, 0.25) is 15.9 Å². The highest BCUT2D eigenvalue weighted by Gasteiger charge is 2.61. The van der Waals surface area contributed by atoms with Gasteiger partial charge in [-0.25, -0.2) is 8.42 Å². The lowest BCUT2D eigenvalue weighted by Gasteiger charge is -2.12. The predicted octanol–water partition coefficient (Wildman–Crippen LogP) is 0.983. The number of fused-ring (bicyclic) bond motifs is 2. The summed E-state index contributed by atoms with van der Waals surface area (Å²) in [5.41, 5.74) is 2.38. The van der Waals surface area contributed by atoms with Gasteiger partial charge in [-0.2, -0.15) is 0 Å². The molecule has 0 radical (unpaired) electrons. The number of aryl methyl sites for hydroxylation is 1. The summed E-state index contributed by atoms with van der Waals surface area (Å²) in [5.74, 6) is -0.785. The van der Waals surface area contributed by atoms with E-state index in [4.69, 9.17) is 4.74 Å². The maximum absolute atomic E-state index is 12.2. The van der Waals surface area contributed by atoms with Gasteiger partial charge in [-0.3, -0.25) is 9.52 Å². The zero-order valence-corrected chi connectivity index (χ0v) is 12.8. The average Bonchev–Trinajstić information content (AvgIpc) is 3.07. The molecule has 2 atom stereocenters. The van der Waals surface area contributed by atoms with E-state index in [9.17, 15) is 13.2 Å². The molecule has 0 aromatic heterocycles. The molecule has 114 valence electrons. The molecule has 6 heteroatoms. The van der Waals surface area contributed by atoms with Gasteiger partial charge in [0, 0.05) is 18.4 Å². The highest BCUT2D eigenvalue weighted by atomic mass is 32.2. The van der Waals surface area contributed by atoms with Gasteiger partial charge in [-0.1, -0.05) is 24.3 Å². The highest BCUT2D eigenvalue weighted by molar-refractivity contribution is 7.90. The number of methoxy groups -OCH3 is 1. The van der Waals surface area contributed by atoms with Crippen molar-refractivity contribution in [3.8, 4) is 0 Å². The van der Waals surface area contributed by atoms with E-state index < -0.39 is 10.0 Å². The van der Waals surface area contributed by atoms with E-state index in [2.05, 4.69) is 16.9 Å². The van der Waals surface area contributed by atoms with Gasteiger partial charge in [0.15, 0.2) is 0 Å². The highest BCUT2D eigenvalue weighted by Crippen LogP contribution is 2.61. The standard InChI is InChI=1S/C15H19NO4S/c1-20-8-9-21(18,19)16-14(17)13-10-15(13)7-6-11-4-2-3-5-12(11)15/h2-5,13H,6-10H2,1H3,(H,16,17)/t13-,15+/m0/s1. The molecule has 0 heterocycles. The molecular formula is C15H19NO4S. The van der Waals surface area contributed by atoms with E-state index in [0.29, 0.717) is 0 Å². The van der Waals surface area contributed by atoms with Crippen LogP contribution in [0.25, 0.3) is 0 Å². The molecule has 1 N–H and O–H groups in total. The van der Waals surface area contributed by atoms with Crippen LogP contribution in [-0.4, -0.2) is 33.8 Å². The molecule has 0 bridgehead atoms. The summed E-state index contributed by atoms with van der Waals surface area (Å²) < 4.78 is 30.5. The second-order valence-electron chi connectivity index (χ2n) is 5.85. The molecule has 1 amide bonds. The summed E-state index contributed by atoms with van der Waals surface area (Å²) in [5, 5.41) is 0. The van der Waals surface area contributed by atoms with Gasteiger partial charge in [-0.15, -0.1) is 0 Å². The SMILES string of the molecule is COCCS(=O)(=O)NC(=O)[C@@H]1C[C@@]12CCc1ccccc12. The van der Waals surface area contributed by atoms with Crippen LogP contribution >= 0.6 is 0 Å². The second-order valence-corrected chi connectivity index (χ2v) is 7.69. The van der Waals surface area contributed by atoms with Crippen molar-refractivity contribution in [2.45, 2.75) is 24.7 Å². The lowest BCUT2D eigenvalue weighted by molar-refractivity contribution is -0.121. The number of amides is 1. The van der Waals surface area contributed by atoms with E-state index >= 15 is 0 Å². The summed E-state index contributed by atoms with van der Waals surface area (Å²) in [7, 11) is -2.16. The third kappa shape index (κ3) is 2.58. The fraction of sp³-hybridized carbons (Fsp3) is 0.533. The fourth-order valence-corrected chi connectivity index (χ4v) is 4.34. The van der Waals surface area contributed by atoms with Crippen LogP contribution in [0.3, 0.4) is 0 Å². The Labute approximate surface area is 124 Å². The smallest absolute Gasteiger partial charge is 0.237 e. The summed E-state index contributed by atoms with van der Waals surface area (Å²) in [6.07, 6.45) is 2.65. The number of benzene rings is 1. The molecule has 0 unspecified atom stereocenters. The molecule has 5 nitrogen and oxygen atoms in total.